The van der Waals surface area contributed by atoms with Crippen molar-refractivity contribution in [2.45, 2.75) is 25.3 Å². The van der Waals surface area contributed by atoms with Crippen LogP contribution in [0.3, 0.4) is 0 Å². The highest BCUT2D eigenvalue weighted by atomic mass is 16.2. The summed E-state index contributed by atoms with van der Waals surface area (Å²) in [5, 5.41) is 3.01. The molecule has 2 aromatic heterocycles. The third-order valence-electron chi connectivity index (χ3n) is 5.06. The molecule has 7 heteroatoms. The van der Waals surface area contributed by atoms with Gasteiger partial charge in [0.2, 0.25) is 0 Å². The quantitative estimate of drug-likeness (QED) is 0.648. The molecular weight excluding hydrogens is 356 g/mol. The lowest BCUT2D eigenvalue weighted by Crippen LogP contribution is -2.34. The van der Waals surface area contributed by atoms with Crippen LogP contribution in [0.15, 0.2) is 59.7 Å². The summed E-state index contributed by atoms with van der Waals surface area (Å²) in [4.78, 5) is 38.9. The van der Waals surface area contributed by atoms with Gasteiger partial charge >= 0.3 is 0 Å². The van der Waals surface area contributed by atoms with Gasteiger partial charge in [-0.25, -0.2) is 0 Å². The van der Waals surface area contributed by atoms with Crippen molar-refractivity contribution in [1.82, 2.24) is 14.9 Å². The topological polar surface area (TPSA) is 110 Å². The molecule has 0 aliphatic heterocycles. The standard InChI is InChI=1S/C21H20N4O3/c22-19(26)16-12-15-17(4-3-5-18(15)24-21(16)28)23-20(27)13-6-8-14(9-7-13)25-10-1-2-11-25/h1-2,6-12,17H,3-5H2,(H2,22,26)(H,23,27)(H,24,28). The Morgan fingerprint density at radius 3 is 2.54 bits per heavy atom. The van der Waals surface area contributed by atoms with Gasteiger partial charge in [0, 0.05) is 29.3 Å². The van der Waals surface area contributed by atoms with Crippen molar-refractivity contribution >= 4 is 11.8 Å². The number of carbonyl (C=O) groups is 2. The van der Waals surface area contributed by atoms with Crippen molar-refractivity contribution in [3.63, 3.8) is 0 Å². The molecular formula is C21H20N4O3. The minimum atomic E-state index is -0.777. The van der Waals surface area contributed by atoms with Crippen molar-refractivity contribution < 1.29 is 9.59 Å². The Balaban J connectivity index is 1.57. The summed E-state index contributed by atoms with van der Waals surface area (Å²) < 4.78 is 1.96. The van der Waals surface area contributed by atoms with Gasteiger partial charge in [0.05, 0.1) is 6.04 Å². The number of nitrogens with zero attached hydrogens (tertiary/aromatic N) is 1. The third kappa shape index (κ3) is 3.34. The molecule has 0 spiro atoms. The highest BCUT2D eigenvalue weighted by molar-refractivity contribution is 5.95. The van der Waals surface area contributed by atoms with Crippen LogP contribution in [0.4, 0.5) is 0 Å². The molecule has 1 atom stereocenters. The number of nitrogens with two attached hydrogens (primary N) is 1. The molecule has 1 aliphatic carbocycles. The maximum absolute atomic E-state index is 12.7. The second-order valence-electron chi connectivity index (χ2n) is 6.87. The molecule has 2 amide bonds. The summed E-state index contributed by atoms with van der Waals surface area (Å²) in [6.45, 7) is 0. The monoisotopic (exact) mass is 376 g/mol. The highest BCUT2D eigenvalue weighted by Gasteiger charge is 2.25. The van der Waals surface area contributed by atoms with E-state index in [2.05, 4.69) is 10.3 Å². The Hall–Kier alpha value is -3.61. The summed E-state index contributed by atoms with van der Waals surface area (Å²) in [5.74, 6) is -0.982. The van der Waals surface area contributed by atoms with Gasteiger partial charge in [-0.3, -0.25) is 14.4 Å². The van der Waals surface area contributed by atoms with Gasteiger partial charge < -0.3 is 20.6 Å². The van der Waals surface area contributed by atoms with Crippen LogP contribution in [0.2, 0.25) is 0 Å². The smallest absolute Gasteiger partial charge is 0.261 e. The average molecular weight is 376 g/mol. The molecule has 0 bridgehead atoms. The molecule has 2 heterocycles. The number of hydrogen-bond donors (Lipinski definition) is 3. The van der Waals surface area contributed by atoms with Crippen molar-refractivity contribution in [3.05, 3.63) is 87.6 Å². The number of primary amides is 1. The van der Waals surface area contributed by atoms with Gasteiger partial charge in [0.1, 0.15) is 5.56 Å². The molecule has 1 aliphatic rings. The largest absolute Gasteiger partial charge is 0.365 e. The number of H-pyrrole nitrogens is 1. The van der Waals surface area contributed by atoms with E-state index in [1.807, 2.05) is 41.2 Å². The molecule has 0 saturated heterocycles. The molecule has 142 valence electrons. The molecule has 28 heavy (non-hydrogen) atoms. The van der Waals surface area contributed by atoms with Crippen LogP contribution in [0, 0.1) is 0 Å². The first-order valence-corrected chi connectivity index (χ1v) is 9.13. The predicted octanol–water partition coefficient (Wildman–Crippen LogP) is 2.07. The van der Waals surface area contributed by atoms with Gasteiger partial charge in [0.15, 0.2) is 0 Å². The Labute approximate surface area is 161 Å². The van der Waals surface area contributed by atoms with E-state index in [9.17, 15) is 14.4 Å². The lowest BCUT2D eigenvalue weighted by atomic mass is 9.90. The predicted molar refractivity (Wildman–Crippen MR) is 104 cm³/mol. The van der Waals surface area contributed by atoms with E-state index in [4.69, 9.17) is 5.73 Å². The molecule has 4 rings (SSSR count). The Morgan fingerprint density at radius 1 is 1.14 bits per heavy atom. The van der Waals surface area contributed by atoms with E-state index in [0.717, 1.165) is 29.8 Å². The number of aromatic amines is 1. The summed E-state index contributed by atoms with van der Waals surface area (Å²) in [6.07, 6.45) is 6.12. The van der Waals surface area contributed by atoms with Crippen LogP contribution in [0.1, 0.15) is 50.9 Å². The Morgan fingerprint density at radius 2 is 1.86 bits per heavy atom. The number of pyridine rings is 1. The van der Waals surface area contributed by atoms with Crippen LogP contribution in [0.5, 0.6) is 0 Å². The number of carbonyl (C=O) groups excluding carboxylic acids is 2. The second-order valence-corrected chi connectivity index (χ2v) is 6.87. The van der Waals surface area contributed by atoms with Crippen LogP contribution >= 0.6 is 0 Å². The van der Waals surface area contributed by atoms with E-state index in [1.54, 1.807) is 12.1 Å². The van der Waals surface area contributed by atoms with E-state index >= 15 is 0 Å². The molecule has 0 saturated carbocycles. The number of aromatic nitrogens is 2. The fourth-order valence-electron chi connectivity index (χ4n) is 3.61. The number of aryl methyl sites for hydroxylation is 1. The van der Waals surface area contributed by atoms with Crippen LogP contribution in [0.25, 0.3) is 5.69 Å². The Bertz CT molecular complexity index is 1080. The second kappa shape index (κ2) is 7.19. The maximum Gasteiger partial charge on any atom is 0.261 e. The first kappa shape index (κ1) is 17.8. The zero-order chi connectivity index (χ0) is 19.7. The van der Waals surface area contributed by atoms with E-state index in [1.165, 1.54) is 6.07 Å². The third-order valence-corrected chi connectivity index (χ3v) is 5.06. The molecule has 7 nitrogen and oxygen atoms in total. The fourth-order valence-corrected chi connectivity index (χ4v) is 3.61. The molecule has 0 fully saturated rings. The van der Waals surface area contributed by atoms with E-state index < -0.39 is 11.5 Å². The summed E-state index contributed by atoms with van der Waals surface area (Å²) in [5.41, 5.74) is 7.72. The molecule has 4 N–H and O–H groups in total. The van der Waals surface area contributed by atoms with Gasteiger partial charge in [-0.2, -0.15) is 0 Å². The molecule has 1 unspecified atom stereocenters. The minimum Gasteiger partial charge on any atom is -0.365 e. The first-order chi connectivity index (χ1) is 13.5. The van der Waals surface area contributed by atoms with E-state index in [0.29, 0.717) is 12.0 Å². The summed E-state index contributed by atoms with van der Waals surface area (Å²) in [7, 11) is 0. The number of hydrogen-bond acceptors (Lipinski definition) is 3. The zero-order valence-corrected chi connectivity index (χ0v) is 15.1. The summed E-state index contributed by atoms with van der Waals surface area (Å²) >= 11 is 0. The SMILES string of the molecule is NC(=O)c1cc2c([nH]c1=O)CCCC2NC(=O)c1ccc(-n2cccc2)cc1. The number of amides is 2. The van der Waals surface area contributed by atoms with Gasteiger partial charge in [-0.15, -0.1) is 0 Å². The molecule has 0 radical (unpaired) electrons. The number of benzene rings is 1. The number of nitrogens with one attached hydrogen (secondary N) is 2. The fraction of sp³-hybridized carbons (Fsp3) is 0.190. The van der Waals surface area contributed by atoms with Gasteiger partial charge in [0.25, 0.3) is 17.4 Å². The highest BCUT2D eigenvalue weighted by Crippen LogP contribution is 2.28. The zero-order valence-electron chi connectivity index (χ0n) is 15.1. The summed E-state index contributed by atoms with van der Waals surface area (Å²) in [6, 6.07) is 12.4. The number of rotatable bonds is 4. The van der Waals surface area contributed by atoms with Crippen molar-refractivity contribution in [1.29, 1.82) is 0 Å². The average Bonchev–Trinajstić information content (AvgIpc) is 3.22. The van der Waals surface area contributed by atoms with Crippen molar-refractivity contribution in [2.75, 3.05) is 0 Å². The van der Waals surface area contributed by atoms with Crippen molar-refractivity contribution in [2.24, 2.45) is 5.73 Å². The lowest BCUT2D eigenvalue weighted by Gasteiger charge is -2.26. The van der Waals surface area contributed by atoms with Crippen molar-refractivity contribution in [3.8, 4) is 5.69 Å². The normalized spacial score (nSPS) is 15.6. The molecule has 3 aromatic rings. The van der Waals surface area contributed by atoms with Crippen LogP contribution in [-0.4, -0.2) is 21.4 Å². The maximum atomic E-state index is 12.7. The lowest BCUT2D eigenvalue weighted by molar-refractivity contribution is 0.0932. The number of fused-ring (bicyclic) bond motifs is 1. The molecule has 1 aromatic carbocycles. The van der Waals surface area contributed by atoms with Crippen LogP contribution in [-0.2, 0) is 6.42 Å². The Kier molecular flexibility index (Phi) is 4.57. The van der Waals surface area contributed by atoms with Gasteiger partial charge in [-0.1, -0.05) is 0 Å². The van der Waals surface area contributed by atoms with E-state index in [-0.39, 0.29) is 17.5 Å². The minimum absolute atomic E-state index is 0.0871. The first-order valence-electron chi connectivity index (χ1n) is 9.13. The van der Waals surface area contributed by atoms with Crippen LogP contribution < -0.4 is 16.6 Å². The van der Waals surface area contributed by atoms with Gasteiger partial charge in [-0.05, 0) is 67.3 Å².